The average Bonchev–Trinajstić information content (AvgIpc) is 2.64. The van der Waals surface area contributed by atoms with Crippen LogP contribution in [0.3, 0.4) is 0 Å². The number of carbonyl (C=O) groups is 2. The number of carboxylic acid groups (broad SMARTS) is 1. The Labute approximate surface area is 121 Å². The summed E-state index contributed by atoms with van der Waals surface area (Å²) in [7, 11) is 0. The van der Waals surface area contributed by atoms with E-state index in [1.54, 1.807) is 23.8 Å². The highest BCUT2D eigenvalue weighted by atomic mass is 32.1. The molecule has 20 heavy (non-hydrogen) atoms. The smallest absolute Gasteiger partial charge is 0.307 e. The lowest BCUT2D eigenvalue weighted by Crippen LogP contribution is -2.44. The number of aromatic nitrogens is 1. The summed E-state index contributed by atoms with van der Waals surface area (Å²) in [6.07, 6.45) is 0.579. The van der Waals surface area contributed by atoms with Crippen LogP contribution >= 0.6 is 11.3 Å². The number of thiazole rings is 1. The van der Waals surface area contributed by atoms with E-state index in [0.717, 1.165) is 17.0 Å². The van der Waals surface area contributed by atoms with Crippen molar-refractivity contribution in [3.8, 4) is 0 Å². The van der Waals surface area contributed by atoms with Gasteiger partial charge in [-0.05, 0) is 27.2 Å². The Hall–Kier alpha value is -1.63. The summed E-state index contributed by atoms with van der Waals surface area (Å²) in [6, 6.07) is 0. The van der Waals surface area contributed by atoms with Crippen molar-refractivity contribution in [1.29, 1.82) is 0 Å². The maximum absolute atomic E-state index is 11.9. The molecule has 0 unspecified atom stereocenters. The molecule has 6 nitrogen and oxygen atoms in total. The number of hydrogen-bond acceptors (Lipinski definition) is 4. The van der Waals surface area contributed by atoms with Gasteiger partial charge in [0, 0.05) is 36.0 Å². The van der Waals surface area contributed by atoms with Crippen molar-refractivity contribution in [2.45, 2.75) is 52.1 Å². The van der Waals surface area contributed by atoms with Crippen molar-refractivity contribution in [2.75, 3.05) is 0 Å². The minimum atomic E-state index is -0.882. The zero-order chi connectivity index (χ0) is 15.3. The predicted molar refractivity (Wildman–Crippen MR) is 77.0 cm³/mol. The first-order chi connectivity index (χ1) is 9.21. The van der Waals surface area contributed by atoms with Gasteiger partial charge in [0.1, 0.15) is 0 Å². The number of nitrogens with zero attached hydrogens (tertiary/aromatic N) is 1. The van der Waals surface area contributed by atoms with Crippen LogP contribution in [0.5, 0.6) is 0 Å². The Morgan fingerprint density at radius 1 is 1.40 bits per heavy atom. The van der Waals surface area contributed by atoms with Crippen LogP contribution in [-0.2, 0) is 16.1 Å². The third-order valence-electron chi connectivity index (χ3n) is 2.98. The monoisotopic (exact) mass is 300 g/mol. The van der Waals surface area contributed by atoms with Gasteiger partial charge in [-0.15, -0.1) is 0 Å². The Bertz CT molecular complexity index is 545. The molecule has 0 spiro atoms. The van der Waals surface area contributed by atoms with E-state index in [1.807, 2.05) is 6.92 Å². The van der Waals surface area contributed by atoms with Gasteiger partial charge in [0.15, 0.2) is 0 Å². The molecule has 2 N–H and O–H groups in total. The van der Waals surface area contributed by atoms with E-state index in [-0.39, 0.29) is 23.6 Å². The maximum atomic E-state index is 11.9. The first kappa shape index (κ1) is 16.4. The normalized spacial score (nSPS) is 11.3. The number of hydrogen-bond donors (Lipinski definition) is 2. The summed E-state index contributed by atoms with van der Waals surface area (Å²) in [6.45, 7) is 5.74. The second kappa shape index (κ2) is 6.69. The van der Waals surface area contributed by atoms with Crippen molar-refractivity contribution in [3.63, 3.8) is 0 Å². The molecule has 0 saturated carbocycles. The van der Waals surface area contributed by atoms with Crippen LogP contribution in [0.25, 0.3) is 0 Å². The molecule has 0 radical (unpaired) electrons. The van der Waals surface area contributed by atoms with Crippen LogP contribution < -0.4 is 10.2 Å². The minimum Gasteiger partial charge on any atom is -0.481 e. The number of carbonyl (C=O) groups excluding carboxylic acids is 1. The molecule has 7 heteroatoms. The molecule has 0 fully saturated rings. The summed E-state index contributed by atoms with van der Waals surface area (Å²) in [5.74, 6) is -1.06. The first-order valence-electron chi connectivity index (χ1n) is 6.39. The molecule has 112 valence electrons. The van der Waals surface area contributed by atoms with Gasteiger partial charge in [-0.1, -0.05) is 11.3 Å². The average molecular weight is 300 g/mol. The largest absolute Gasteiger partial charge is 0.481 e. The molecule has 0 saturated heterocycles. The van der Waals surface area contributed by atoms with Gasteiger partial charge in [0.25, 0.3) is 0 Å². The molecule has 0 aliphatic carbocycles. The molecule has 0 aliphatic heterocycles. The Kier molecular flexibility index (Phi) is 5.50. The summed E-state index contributed by atoms with van der Waals surface area (Å²) < 4.78 is 1.56. The topological polar surface area (TPSA) is 88.4 Å². The summed E-state index contributed by atoms with van der Waals surface area (Å²) in [5.41, 5.74) is 0.280. The fourth-order valence-corrected chi connectivity index (χ4v) is 2.57. The summed E-state index contributed by atoms with van der Waals surface area (Å²) >= 11 is 1.12. The lowest BCUT2D eigenvalue weighted by molar-refractivity contribution is -0.137. The number of aliphatic carboxylic acids is 1. The van der Waals surface area contributed by atoms with Crippen LogP contribution in [0, 0.1) is 6.92 Å². The van der Waals surface area contributed by atoms with Crippen LogP contribution in [0.2, 0.25) is 0 Å². The van der Waals surface area contributed by atoms with Gasteiger partial charge in [0.05, 0.1) is 0 Å². The van der Waals surface area contributed by atoms with Crippen LogP contribution in [-0.4, -0.2) is 27.1 Å². The highest BCUT2D eigenvalue weighted by Gasteiger charge is 2.21. The molecule has 1 aromatic heterocycles. The van der Waals surface area contributed by atoms with E-state index in [4.69, 9.17) is 5.11 Å². The van der Waals surface area contributed by atoms with Gasteiger partial charge < -0.3 is 15.0 Å². The van der Waals surface area contributed by atoms with Gasteiger partial charge in [-0.3, -0.25) is 14.4 Å². The molecular weight excluding hydrogens is 280 g/mol. The molecule has 1 amide bonds. The first-order valence-corrected chi connectivity index (χ1v) is 7.27. The lowest BCUT2D eigenvalue weighted by atomic mass is 9.98. The lowest BCUT2D eigenvalue weighted by Gasteiger charge is -2.25. The van der Waals surface area contributed by atoms with Crippen LogP contribution in [0.4, 0.5) is 0 Å². The number of nitrogens with one attached hydrogen (secondary N) is 1. The molecule has 1 heterocycles. The van der Waals surface area contributed by atoms with Crippen molar-refractivity contribution in [3.05, 3.63) is 20.7 Å². The second-order valence-corrected chi connectivity index (χ2v) is 6.19. The summed E-state index contributed by atoms with van der Waals surface area (Å²) in [5, 5.41) is 13.2. The van der Waals surface area contributed by atoms with E-state index in [0.29, 0.717) is 13.0 Å². The van der Waals surface area contributed by atoms with Crippen molar-refractivity contribution in [1.82, 2.24) is 9.88 Å². The molecule has 0 bridgehead atoms. The van der Waals surface area contributed by atoms with Crippen molar-refractivity contribution < 1.29 is 14.7 Å². The Morgan fingerprint density at radius 3 is 2.55 bits per heavy atom. The van der Waals surface area contributed by atoms with E-state index < -0.39 is 11.5 Å². The predicted octanol–water partition coefficient (Wildman–Crippen LogP) is 1.37. The molecule has 0 atom stereocenters. The Balaban J connectivity index is 2.47. The number of aryl methyl sites for hydroxylation is 1. The number of amides is 1. The molecule has 0 aromatic carbocycles. The minimum absolute atomic E-state index is 0.0103. The third kappa shape index (κ3) is 5.16. The van der Waals surface area contributed by atoms with Crippen molar-refractivity contribution >= 4 is 23.2 Å². The van der Waals surface area contributed by atoms with Gasteiger partial charge in [-0.25, -0.2) is 0 Å². The quantitative estimate of drug-likeness (QED) is 0.796. The second-order valence-electron chi connectivity index (χ2n) is 5.37. The van der Waals surface area contributed by atoms with Gasteiger partial charge in [-0.2, -0.15) is 0 Å². The third-order valence-corrected chi connectivity index (χ3v) is 3.86. The zero-order valence-electron chi connectivity index (χ0n) is 11.9. The highest BCUT2D eigenvalue weighted by molar-refractivity contribution is 7.07. The van der Waals surface area contributed by atoms with Gasteiger partial charge >= 0.3 is 10.8 Å². The molecule has 1 aromatic rings. The van der Waals surface area contributed by atoms with E-state index in [1.165, 1.54) is 0 Å². The SMILES string of the molecule is Cc1csc(=O)n1CCC(=O)NC(C)(C)CCC(=O)O. The van der Waals surface area contributed by atoms with Crippen LogP contribution in [0.15, 0.2) is 10.2 Å². The van der Waals surface area contributed by atoms with Crippen molar-refractivity contribution in [2.24, 2.45) is 0 Å². The molecule has 1 rings (SSSR count). The number of rotatable bonds is 7. The number of carboxylic acids is 1. The van der Waals surface area contributed by atoms with Gasteiger partial charge in [0.2, 0.25) is 5.91 Å². The summed E-state index contributed by atoms with van der Waals surface area (Å²) in [4.78, 5) is 33.8. The molecule has 0 aliphatic rings. The maximum Gasteiger partial charge on any atom is 0.307 e. The zero-order valence-corrected chi connectivity index (χ0v) is 12.7. The van der Waals surface area contributed by atoms with Crippen LogP contribution in [0.1, 0.15) is 38.8 Å². The van der Waals surface area contributed by atoms with E-state index >= 15 is 0 Å². The highest BCUT2D eigenvalue weighted by Crippen LogP contribution is 2.11. The van der Waals surface area contributed by atoms with E-state index in [2.05, 4.69) is 5.32 Å². The Morgan fingerprint density at radius 2 is 2.05 bits per heavy atom. The standard InChI is InChI=1S/C13H20N2O4S/c1-9-8-20-12(19)15(9)7-5-10(16)14-13(2,3)6-4-11(17)18/h8H,4-7H2,1-3H3,(H,14,16)(H,17,18). The molecular formula is C13H20N2O4S. The fourth-order valence-electron chi connectivity index (χ4n) is 1.81. The van der Waals surface area contributed by atoms with E-state index in [9.17, 15) is 14.4 Å². The fraction of sp³-hybridized carbons (Fsp3) is 0.615.